The zero-order valence-electron chi connectivity index (χ0n) is 16.2. The van der Waals surface area contributed by atoms with Crippen LogP contribution in [0.3, 0.4) is 0 Å². The topological polar surface area (TPSA) is 76.8 Å². The number of carbonyl (C=O) groups excluding carboxylic acids is 1. The van der Waals surface area contributed by atoms with Gasteiger partial charge in [-0.05, 0) is 57.7 Å². The fourth-order valence-corrected chi connectivity index (χ4v) is 4.56. The Morgan fingerprint density at radius 3 is 2.96 bits per heavy atom. The second-order valence-electron chi connectivity index (χ2n) is 8.92. The van der Waals surface area contributed by atoms with E-state index in [-0.39, 0.29) is 24.0 Å². The first-order valence-corrected chi connectivity index (χ1v) is 9.64. The van der Waals surface area contributed by atoms with Crippen LogP contribution in [0.15, 0.2) is 12.1 Å². The Morgan fingerprint density at radius 1 is 1.44 bits per heavy atom. The molecule has 0 aliphatic carbocycles. The molecule has 2 saturated heterocycles. The van der Waals surface area contributed by atoms with Gasteiger partial charge in [0.15, 0.2) is 0 Å². The number of carbonyl (C=O) groups is 1. The molecule has 0 radical (unpaired) electrons. The normalized spacial score (nSPS) is 29.9. The minimum atomic E-state index is -0.621. The summed E-state index contributed by atoms with van der Waals surface area (Å²) in [5, 5.41) is 3.41. The SMILES string of the molecule is CC(C)(C)OC(=O)N1C2CCC1(c1cc(F)c3c(c1)OCC(N)C3)CNC2. The second kappa shape index (κ2) is 6.34. The van der Waals surface area contributed by atoms with Gasteiger partial charge in [0, 0.05) is 30.7 Å². The maximum Gasteiger partial charge on any atom is 0.411 e. The van der Waals surface area contributed by atoms with E-state index in [9.17, 15) is 9.18 Å². The minimum absolute atomic E-state index is 0.0436. The van der Waals surface area contributed by atoms with Gasteiger partial charge >= 0.3 is 6.09 Å². The Labute approximate surface area is 159 Å². The molecule has 4 rings (SSSR count). The Balaban J connectivity index is 1.74. The molecule has 0 spiro atoms. The number of piperazine rings is 1. The average molecular weight is 377 g/mol. The van der Waals surface area contributed by atoms with Gasteiger partial charge in [-0.1, -0.05) is 0 Å². The van der Waals surface area contributed by atoms with E-state index in [1.54, 1.807) is 6.07 Å². The van der Waals surface area contributed by atoms with Crippen molar-refractivity contribution in [2.75, 3.05) is 19.7 Å². The van der Waals surface area contributed by atoms with Gasteiger partial charge in [-0.3, -0.25) is 4.90 Å². The van der Waals surface area contributed by atoms with Crippen LogP contribution in [0.1, 0.15) is 44.7 Å². The molecule has 148 valence electrons. The van der Waals surface area contributed by atoms with Crippen molar-refractivity contribution in [3.63, 3.8) is 0 Å². The van der Waals surface area contributed by atoms with E-state index in [1.807, 2.05) is 31.7 Å². The number of ether oxygens (including phenoxy) is 2. The Bertz CT molecular complexity index is 760. The zero-order chi connectivity index (χ0) is 19.4. The van der Waals surface area contributed by atoms with Crippen LogP contribution in [0.25, 0.3) is 0 Å². The molecule has 6 nitrogen and oxygen atoms in total. The van der Waals surface area contributed by atoms with Crippen molar-refractivity contribution in [1.82, 2.24) is 10.2 Å². The number of hydrogen-bond donors (Lipinski definition) is 2. The summed E-state index contributed by atoms with van der Waals surface area (Å²) in [5.74, 6) is 0.226. The highest BCUT2D eigenvalue weighted by molar-refractivity contribution is 5.71. The summed E-state index contributed by atoms with van der Waals surface area (Å²) in [6.45, 7) is 7.24. The fraction of sp³-hybridized carbons (Fsp3) is 0.650. The maximum absolute atomic E-state index is 14.9. The van der Waals surface area contributed by atoms with Crippen LogP contribution in [0.4, 0.5) is 9.18 Å². The van der Waals surface area contributed by atoms with Gasteiger partial charge in [0.25, 0.3) is 0 Å². The molecule has 3 aliphatic rings. The lowest BCUT2D eigenvalue weighted by Crippen LogP contribution is -2.61. The lowest BCUT2D eigenvalue weighted by atomic mass is 9.85. The number of nitrogens with two attached hydrogens (primary N) is 1. The van der Waals surface area contributed by atoms with E-state index in [0.29, 0.717) is 30.9 Å². The van der Waals surface area contributed by atoms with Crippen LogP contribution in [-0.4, -0.2) is 48.4 Å². The fourth-order valence-electron chi connectivity index (χ4n) is 4.56. The van der Waals surface area contributed by atoms with Crippen LogP contribution in [0.2, 0.25) is 0 Å². The third-order valence-electron chi connectivity index (χ3n) is 5.72. The number of hydrogen-bond acceptors (Lipinski definition) is 5. The lowest BCUT2D eigenvalue weighted by Gasteiger charge is -2.45. The van der Waals surface area contributed by atoms with Crippen molar-refractivity contribution in [1.29, 1.82) is 0 Å². The maximum atomic E-state index is 14.9. The smallest absolute Gasteiger partial charge is 0.411 e. The molecule has 1 aromatic carbocycles. The van der Waals surface area contributed by atoms with E-state index in [2.05, 4.69) is 5.32 Å². The van der Waals surface area contributed by atoms with E-state index >= 15 is 0 Å². The second-order valence-corrected chi connectivity index (χ2v) is 8.92. The predicted octanol–water partition coefficient (Wildman–Crippen LogP) is 2.29. The molecule has 3 heterocycles. The van der Waals surface area contributed by atoms with Gasteiger partial charge in [0.2, 0.25) is 0 Å². The van der Waals surface area contributed by atoms with Gasteiger partial charge in [0.05, 0.1) is 5.54 Å². The minimum Gasteiger partial charge on any atom is -0.492 e. The summed E-state index contributed by atoms with van der Waals surface area (Å²) < 4.78 is 26.3. The summed E-state index contributed by atoms with van der Waals surface area (Å²) in [5.41, 5.74) is 5.99. The molecule has 7 heteroatoms. The number of fused-ring (bicyclic) bond motifs is 3. The van der Waals surface area contributed by atoms with Gasteiger partial charge in [0.1, 0.15) is 23.8 Å². The van der Waals surface area contributed by atoms with Crippen LogP contribution in [0, 0.1) is 5.82 Å². The molecule has 3 N–H and O–H groups in total. The first-order valence-electron chi connectivity index (χ1n) is 9.64. The van der Waals surface area contributed by atoms with Gasteiger partial charge in [-0.25, -0.2) is 9.18 Å². The van der Waals surface area contributed by atoms with Crippen molar-refractivity contribution in [2.24, 2.45) is 5.73 Å². The third-order valence-corrected chi connectivity index (χ3v) is 5.72. The van der Waals surface area contributed by atoms with E-state index < -0.39 is 11.1 Å². The molecule has 0 aromatic heterocycles. The number of rotatable bonds is 1. The quantitative estimate of drug-likeness (QED) is 0.785. The summed E-state index contributed by atoms with van der Waals surface area (Å²) in [4.78, 5) is 14.8. The van der Waals surface area contributed by atoms with Gasteiger partial charge in [-0.15, -0.1) is 0 Å². The standard InChI is InChI=1S/C20H28FN3O3/c1-19(2,3)27-18(25)24-14-4-5-20(24,11-23-9-14)12-6-16(21)15-8-13(22)10-26-17(15)7-12/h6-7,13-14,23H,4-5,8-11,22H2,1-3H3. The average Bonchev–Trinajstić information content (AvgIpc) is 2.81. The van der Waals surface area contributed by atoms with E-state index in [0.717, 1.165) is 24.9 Å². The first-order chi connectivity index (χ1) is 12.7. The molecule has 2 fully saturated rings. The molecule has 1 aromatic rings. The summed E-state index contributed by atoms with van der Waals surface area (Å²) >= 11 is 0. The predicted molar refractivity (Wildman–Crippen MR) is 99.2 cm³/mol. The molecule has 2 bridgehead atoms. The number of nitrogens with one attached hydrogen (secondary N) is 1. The highest BCUT2D eigenvalue weighted by Crippen LogP contribution is 2.46. The Hall–Kier alpha value is -1.86. The molecule has 1 amide bonds. The molecular formula is C20H28FN3O3. The largest absolute Gasteiger partial charge is 0.492 e. The number of halogens is 1. The molecule has 27 heavy (non-hydrogen) atoms. The highest BCUT2D eigenvalue weighted by Gasteiger charge is 2.54. The summed E-state index contributed by atoms with van der Waals surface area (Å²) in [7, 11) is 0. The highest BCUT2D eigenvalue weighted by atomic mass is 19.1. The van der Waals surface area contributed by atoms with Crippen molar-refractivity contribution >= 4 is 6.09 Å². The van der Waals surface area contributed by atoms with E-state index in [4.69, 9.17) is 15.2 Å². The molecule has 3 unspecified atom stereocenters. The Kier molecular flexibility index (Phi) is 4.35. The summed E-state index contributed by atoms with van der Waals surface area (Å²) in [6.07, 6.45) is 1.75. The van der Waals surface area contributed by atoms with Crippen LogP contribution < -0.4 is 15.8 Å². The zero-order valence-corrected chi connectivity index (χ0v) is 16.2. The van der Waals surface area contributed by atoms with Crippen molar-refractivity contribution in [3.8, 4) is 5.75 Å². The van der Waals surface area contributed by atoms with E-state index in [1.165, 1.54) is 0 Å². The van der Waals surface area contributed by atoms with Crippen molar-refractivity contribution in [3.05, 3.63) is 29.1 Å². The van der Waals surface area contributed by atoms with Crippen LogP contribution >= 0.6 is 0 Å². The van der Waals surface area contributed by atoms with Crippen molar-refractivity contribution in [2.45, 2.75) is 63.3 Å². The molecular weight excluding hydrogens is 349 g/mol. The van der Waals surface area contributed by atoms with Crippen molar-refractivity contribution < 1.29 is 18.7 Å². The Morgan fingerprint density at radius 2 is 2.22 bits per heavy atom. The summed E-state index contributed by atoms with van der Waals surface area (Å²) in [6, 6.07) is 3.29. The third kappa shape index (κ3) is 3.17. The van der Waals surface area contributed by atoms with Gasteiger partial charge < -0.3 is 20.5 Å². The number of nitrogens with zero attached hydrogens (tertiary/aromatic N) is 1. The molecule has 3 aliphatic heterocycles. The lowest BCUT2D eigenvalue weighted by molar-refractivity contribution is -0.0116. The number of benzene rings is 1. The van der Waals surface area contributed by atoms with Crippen LogP contribution in [-0.2, 0) is 16.7 Å². The first kappa shape index (κ1) is 18.5. The monoisotopic (exact) mass is 377 g/mol. The number of amides is 1. The molecule has 3 atom stereocenters. The van der Waals surface area contributed by atoms with Gasteiger partial charge in [-0.2, -0.15) is 0 Å². The van der Waals surface area contributed by atoms with Crippen LogP contribution in [0.5, 0.6) is 5.75 Å². The molecule has 0 saturated carbocycles.